The van der Waals surface area contributed by atoms with Gasteiger partial charge in [0.05, 0.1) is 33.1 Å². The van der Waals surface area contributed by atoms with Crippen molar-refractivity contribution >= 4 is 130 Å². The first kappa shape index (κ1) is 83.2. The number of aromatic nitrogens is 3. The van der Waals surface area contributed by atoms with E-state index in [1.165, 1.54) is 258 Å². The van der Waals surface area contributed by atoms with E-state index in [4.69, 9.17) is 0 Å². The van der Waals surface area contributed by atoms with Crippen LogP contribution in [0.15, 0.2) is 443 Å². The Morgan fingerprint density at radius 1 is 0.141 bits per heavy atom. The number of hydrogen-bond acceptors (Lipinski definition) is 0. The summed E-state index contributed by atoms with van der Waals surface area (Å²) in [5.41, 5.74) is 36.7. The summed E-state index contributed by atoms with van der Waals surface area (Å²) >= 11 is 0. The van der Waals surface area contributed by atoms with Gasteiger partial charge in [-0.2, -0.15) is 0 Å². The minimum absolute atomic E-state index is 0.0262. The van der Waals surface area contributed by atoms with E-state index in [1.807, 2.05) is 0 Å². The van der Waals surface area contributed by atoms with Crippen LogP contribution in [0.1, 0.15) is 74.9 Å². The van der Waals surface area contributed by atoms with E-state index in [0.29, 0.717) is 0 Å². The summed E-state index contributed by atoms with van der Waals surface area (Å²) < 4.78 is 7.17. The standard InChI is InChI=1S/C48H37N.2C42H33N/c1-48(2,3)36-27-30-42-43(31-36)47(34-23-21-33(22-24-34)32-13-5-4-6-14-32)41-18-8-7-17-40(41)46(42)35-25-28-37(29-26-35)49-44-19-11-9-15-38(44)39-16-10-12-20-45(39)49;1-26-22-35-37(24-28(26)3)42(38-25-29(4)27(2)23-36(38)41(35)30-12-6-5-7-13-30)31-18-20-32(21-19-31)43-39-16-10-8-14-33(39)34-15-9-11-17-40(34)43;1-42(2,3)30-23-26-36-37(27-30)41(28-13-5-4-6-14-28)35-18-8-7-17-34(35)40(36)29-21-24-31(25-22-29)43-38-19-11-9-15-32(38)33-16-10-12-20-39(33)43/h4-31H,1-3H3;5-25H,1-4H3;4-27H,1-3H3. The molecule has 3 heterocycles. The lowest BCUT2D eigenvalue weighted by Gasteiger charge is -2.23. The van der Waals surface area contributed by atoms with E-state index >= 15 is 0 Å². The normalized spacial score (nSPS) is 11.9. The van der Waals surface area contributed by atoms with Crippen molar-refractivity contribution in [1.82, 2.24) is 13.7 Å². The van der Waals surface area contributed by atoms with Gasteiger partial charge in [0.25, 0.3) is 0 Å². The third-order valence-corrected chi connectivity index (χ3v) is 28.5. The summed E-state index contributed by atoms with van der Waals surface area (Å²) in [6.45, 7) is 22.7. The fraction of sp³-hybridized carbons (Fsp3) is 0.0909. The molecule has 25 aromatic rings. The quantitative estimate of drug-likeness (QED) is 0.121. The molecule has 135 heavy (non-hydrogen) atoms. The highest BCUT2D eigenvalue weighted by Gasteiger charge is 2.27. The maximum absolute atomic E-state index is 2.44. The van der Waals surface area contributed by atoms with Gasteiger partial charge in [0, 0.05) is 49.4 Å². The van der Waals surface area contributed by atoms with Crippen LogP contribution in [-0.4, -0.2) is 13.7 Å². The maximum atomic E-state index is 2.44. The average molecular weight is 1730 g/mol. The van der Waals surface area contributed by atoms with Crippen LogP contribution in [0.2, 0.25) is 0 Å². The molecule has 3 aromatic heterocycles. The zero-order valence-corrected chi connectivity index (χ0v) is 78.0. The van der Waals surface area contributed by atoms with Crippen LogP contribution in [0, 0.1) is 27.7 Å². The van der Waals surface area contributed by atoms with Gasteiger partial charge >= 0.3 is 0 Å². The van der Waals surface area contributed by atoms with Crippen molar-refractivity contribution in [3.63, 3.8) is 0 Å². The first-order valence-corrected chi connectivity index (χ1v) is 47.4. The topological polar surface area (TPSA) is 14.8 Å². The van der Waals surface area contributed by atoms with Gasteiger partial charge in [0.2, 0.25) is 0 Å². The highest BCUT2D eigenvalue weighted by atomic mass is 15.0. The fourth-order valence-corrected chi connectivity index (χ4v) is 21.5. The third-order valence-electron chi connectivity index (χ3n) is 28.5. The van der Waals surface area contributed by atoms with Gasteiger partial charge in [-0.3, -0.25) is 0 Å². The number of aryl methyl sites for hydroxylation is 4. The molecule has 22 aromatic carbocycles. The van der Waals surface area contributed by atoms with Crippen molar-refractivity contribution in [3.8, 4) is 95.0 Å². The predicted octanol–water partition coefficient (Wildman–Crippen LogP) is 36.8. The van der Waals surface area contributed by atoms with E-state index in [9.17, 15) is 0 Å². The summed E-state index contributed by atoms with van der Waals surface area (Å²) in [5, 5.41) is 23.2. The second kappa shape index (κ2) is 33.6. The molecule has 3 heteroatoms. The van der Waals surface area contributed by atoms with Crippen molar-refractivity contribution in [2.75, 3.05) is 0 Å². The summed E-state index contributed by atoms with van der Waals surface area (Å²) in [4.78, 5) is 0. The van der Waals surface area contributed by atoms with E-state index in [0.717, 1.165) is 0 Å². The zero-order chi connectivity index (χ0) is 91.5. The monoisotopic (exact) mass is 1730 g/mol. The minimum atomic E-state index is 0.0262. The molecule has 0 amide bonds. The first-order chi connectivity index (χ1) is 65.9. The Labute approximate surface area is 789 Å². The summed E-state index contributed by atoms with van der Waals surface area (Å²) in [5.74, 6) is 0. The summed E-state index contributed by atoms with van der Waals surface area (Å²) in [6.07, 6.45) is 0. The van der Waals surface area contributed by atoms with Gasteiger partial charge in [0.15, 0.2) is 0 Å². The lowest BCUT2D eigenvalue weighted by Crippen LogP contribution is -2.10. The Balaban J connectivity index is 0.000000114. The molecule has 0 aliphatic carbocycles. The highest BCUT2D eigenvalue weighted by Crippen LogP contribution is 2.51. The molecule has 0 aliphatic heterocycles. The molecule has 0 unspecified atom stereocenters. The van der Waals surface area contributed by atoms with Crippen molar-refractivity contribution in [3.05, 3.63) is 476 Å². The average Bonchev–Trinajstić information content (AvgIpc) is 1.58. The Morgan fingerprint density at radius 3 is 0.563 bits per heavy atom. The number of hydrogen-bond donors (Lipinski definition) is 0. The predicted molar refractivity (Wildman–Crippen MR) is 582 cm³/mol. The molecular formula is C132H103N3. The van der Waals surface area contributed by atoms with Crippen LogP contribution in [0.5, 0.6) is 0 Å². The van der Waals surface area contributed by atoms with Crippen LogP contribution >= 0.6 is 0 Å². The lowest BCUT2D eigenvalue weighted by atomic mass is 9.81. The lowest BCUT2D eigenvalue weighted by molar-refractivity contribution is 0.591. The molecule has 646 valence electrons. The number of benzene rings is 22. The molecule has 0 aliphatic rings. The van der Waals surface area contributed by atoms with E-state index < -0.39 is 0 Å². The van der Waals surface area contributed by atoms with Crippen LogP contribution in [0.25, 0.3) is 225 Å². The van der Waals surface area contributed by atoms with Gasteiger partial charge in [-0.05, 0) is 299 Å². The Kier molecular flexibility index (Phi) is 20.7. The van der Waals surface area contributed by atoms with Crippen molar-refractivity contribution in [1.29, 1.82) is 0 Å². The molecule has 0 radical (unpaired) electrons. The Morgan fingerprint density at radius 2 is 0.311 bits per heavy atom. The number of nitrogens with zero attached hydrogens (tertiary/aromatic N) is 3. The first-order valence-electron chi connectivity index (χ1n) is 47.4. The van der Waals surface area contributed by atoms with Gasteiger partial charge in [-0.25, -0.2) is 0 Å². The van der Waals surface area contributed by atoms with E-state index in [1.54, 1.807) is 0 Å². The number of para-hydroxylation sites is 6. The highest BCUT2D eigenvalue weighted by molar-refractivity contribution is 6.25. The largest absolute Gasteiger partial charge is 0.309 e. The van der Waals surface area contributed by atoms with Gasteiger partial charge in [-0.15, -0.1) is 0 Å². The molecule has 0 bridgehead atoms. The van der Waals surface area contributed by atoms with Crippen molar-refractivity contribution < 1.29 is 0 Å². The second-order valence-electron chi connectivity index (χ2n) is 38.8. The smallest absolute Gasteiger partial charge is 0.0541 e. The van der Waals surface area contributed by atoms with Crippen LogP contribution in [0.4, 0.5) is 0 Å². The Bertz CT molecular complexity index is 8730. The minimum Gasteiger partial charge on any atom is -0.309 e. The maximum Gasteiger partial charge on any atom is 0.0541 e. The van der Waals surface area contributed by atoms with Crippen molar-refractivity contribution in [2.24, 2.45) is 0 Å². The fourth-order valence-electron chi connectivity index (χ4n) is 21.5. The number of fused-ring (bicyclic) bond motifs is 15. The third kappa shape index (κ3) is 14.5. The molecule has 0 saturated carbocycles. The Hall–Kier alpha value is -16.2. The van der Waals surface area contributed by atoms with E-state index in [2.05, 4.69) is 526 Å². The summed E-state index contributed by atoms with van der Waals surface area (Å²) in [6, 6.07) is 163. The molecule has 0 saturated heterocycles. The second-order valence-corrected chi connectivity index (χ2v) is 38.8. The van der Waals surface area contributed by atoms with E-state index in [-0.39, 0.29) is 10.8 Å². The van der Waals surface area contributed by atoms with Crippen LogP contribution < -0.4 is 0 Å². The molecule has 3 nitrogen and oxygen atoms in total. The van der Waals surface area contributed by atoms with Gasteiger partial charge in [0.1, 0.15) is 0 Å². The summed E-state index contributed by atoms with van der Waals surface area (Å²) in [7, 11) is 0. The molecular weight excluding hydrogens is 1630 g/mol. The van der Waals surface area contributed by atoms with Crippen molar-refractivity contribution in [2.45, 2.75) is 80.1 Å². The van der Waals surface area contributed by atoms with Gasteiger partial charge < -0.3 is 13.7 Å². The molecule has 25 rings (SSSR count). The van der Waals surface area contributed by atoms with Crippen LogP contribution in [0.3, 0.4) is 0 Å². The molecule has 0 atom stereocenters. The molecule has 0 fully saturated rings. The zero-order valence-electron chi connectivity index (χ0n) is 78.0. The SMILES string of the molecule is CC(C)(C)c1ccc2c(-c3ccc(-n4c5ccccc5c5ccccc54)cc3)c3ccccc3c(-c3ccc(-c4ccccc4)cc3)c2c1.CC(C)(C)c1ccc2c(-c3ccc(-n4c5ccccc5c5ccccc54)cc3)c3ccccc3c(-c3ccccc3)c2c1.Cc1cc2c(-c3ccccc3)c3cc(C)c(C)cc3c(-c3ccc(-n4c5ccccc5c5ccccc54)cc3)c2cc1C. The van der Waals surface area contributed by atoms with Gasteiger partial charge in [-0.1, -0.05) is 399 Å². The number of rotatable bonds is 10. The van der Waals surface area contributed by atoms with Crippen LogP contribution in [-0.2, 0) is 10.8 Å². The molecule has 0 spiro atoms. The molecule has 0 N–H and O–H groups in total.